The van der Waals surface area contributed by atoms with Gasteiger partial charge in [-0.2, -0.15) is 0 Å². The molecule has 0 aliphatic carbocycles. The fourth-order valence-electron chi connectivity index (χ4n) is 1.13. The molecule has 0 radical (unpaired) electrons. The molecule has 0 amide bonds. The second-order valence-corrected chi connectivity index (χ2v) is 3.35. The molecule has 0 spiro atoms. The Morgan fingerprint density at radius 3 is 2.87 bits per heavy atom. The van der Waals surface area contributed by atoms with E-state index in [1.54, 1.807) is 19.3 Å². The minimum atomic E-state index is -0.255. The molecule has 0 aromatic carbocycles. The molecular weight excluding hydrogens is 194 g/mol. The zero-order valence-electron chi connectivity index (χ0n) is 8.77. The van der Waals surface area contributed by atoms with Gasteiger partial charge >= 0.3 is 0 Å². The molecule has 1 atom stereocenters. The highest BCUT2D eigenvalue weighted by atomic mass is 16.3. The van der Waals surface area contributed by atoms with Crippen LogP contribution < -0.4 is 16.6 Å². The molecule has 1 heterocycles. The summed E-state index contributed by atoms with van der Waals surface area (Å²) in [5, 5.41) is 12.1. The third kappa shape index (κ3) is 4.57. The molecule has 1 aromatic rings. The monoisotopic (exact) mass is 211 g/mol. The van der Waals surface area contributed by atoms with E-state index in [1.165, 1.54) is 0 Å². The summed E-state index contributed by atoms with van der Waals surface area (Å²) < 4.78 is 0. The van der Waals surface area contributed by atoms with E-state index in [2.05, 4.69) is 20.7 Å². The zero-order valence-corrected chi connectivity index (χ0v) is 8.77. The Kier molecular flexibility index (Phi) is 4.79. The number of nitrogens with two attached hydrogens (primary N) is 1. The summed E-state index contributed by atoms with van der Waals surface area (Å²) >= 11 is 0. The predicted molar refractivity (Wildman–Crippen MR) is 59.2 cm³/mol. The number of hydrogen-bond donors (Lipinski definition) is 4. The number of hydrogen-bond acceptors (Lipinski definition) is 6. The lowest BCUT2D eigenvalue weighted by molar-refractivity contribution is 0.183. The van der Waals surface area contributed by atoms with Crippen LogP contribution in [-0.2, 0) is 0 Å². The lowest BCUT2D eigenvalue weighted by atomic mass is 10.2. The molecule has 0 saturated heterocycles. The Labute approximate surface area is 88.9 Å². The van der Waals surface area contributed by atoms with Gasteiger partial charge in [-0.3, -0.25) is 4.98 Å². The van der Waals surface area contributed by atoms with Gasteiger partial charge in [0.25, 0.3) is 0 Å². The Hall–Kier alpha value is -1.40. The summed E-state index contributed by atoms with van der Waals surface area (Å²) in [4.78, 5) is 8.09. The Balaban J connectivity index is 2.30. The summed E-state index contributed by atoms with van der Waals surface area (Å²) in [5.41, 5.74) is 2.42. The molecule has 1 aromatic heterocycles. The van der Waals surface area contributed by atoms with Gasteiger partial charge in [0.2, 0.25) is 0 Å². The molecule has 0 saturated carbocycles. The fourth-order valence-corrected chi connectivity index (χ4v) is 1.13. The van der Waals surface area contributed by atoms with E-state index in [4.69, 9.17) is 10.9 Å². The van der Waals surface area contributed by atoms with Gasteiger partial charge < -0.3 is 15.8 Å². The fraction of sp³-hybridized carbons (Fsp3) is 0.556. The maximum absolute atomic E-state index is 9.05. The van der Waals surface area contributed by atoms with Crippen LogP contribution in [-0.4, -0.2) is 27.7 Å². The second kappa shape index (κ2) is 6.15. The normalized spacial score (nSPS) is 12.2. The summed E-state index contributed by atoms with van der Waals surface area (Å²) in [6, 6.07) is 0. The van der Waals surface area contributed by atoms with Crippen LogP contribution in [0.25, 0.3) is 0 Å². The Bertz CT molecular complexity index is 292. The van der Waals surface area contributed by atoms with Gasteiger partial charge in [-0.1, -0.05) is 0 Å². The third-order valence-electron chi connectivity index (χ3n) is 1.89. The van der Waals surface area contributed by atoms with Crippen molar-refractivity contribution in [2.75, 3.05) is 17.3 Å². The second-order valence-electron chi connectivity index (χ2n) is 3.35. The van der Waals surface area contributed by atoms with Gasteiger partial charge in [0, 0.05) is 6.54 Å². The first-order valence-electron chi connectivity index (χ1n) is 4.93. The maximum Gasteiger partial charge on any atom is 0.160 e. The van der Waals surface area contributed by atoms with Crippen LogP contribution in [0.2, 0.25) is 0 Å². The maximum atomic E-state index is 9.05. The number of nitrogens with one attached hydrogen (secondary N) is 2. The highest BCUT2D eigenvalue weighted by molar-refractivity contribution is 5.40. The average molecular weight is 211 g/mol. The number of nitrogens with zero attached hydrogens (tertiary/aromatic N) is 2. The Morgan fingerprint density at radius 1 is 1.47 bits per heavy atom. The molecule has 15 heavy (non-hydrogen) atoms. The number of anilines is 2. The van der Waals surface area contributed by atoms with Gasteiger partial charge in [0.1, 0.15) is 5.82 Å². The van der Waals surface area contributed by atoms with Crippen molar-refractivity contribution in [3.63, 3.8) is 0 Å². The molecule has 0 fully saturated rings. The molecule has 84 valence electrons. The van der Waals surface area contributed by atoms with Crippen molar-refractivity contribution in [2.24, 2.45) is 5.84 Å². The van der Waals surface area contributed by atoms with Gasteiger partial charge in [-0.05, 0) is 19.8 Å². The average Bonchev–Trinajstić information content (AvgIpc) is 2.24. The Morgan fingerprint density at radius 2 is 2.20 bits per heavy atom. The van der Waals surface area contributed by atoms with E-state index >= 15 is 0 Å². The number of aliphatic hydroxyl groups excluding tert-OH is 1. The van der Waals surface area contributed by atoms with E-state index in [1.807, 2.05) is 0 Å². The summed E-state index contributed by atoms with van der Waals surface area (Å²) in [6.45, 7) is 2.53. The molecule has 0 aliphatic heterocycles. The highest BCUT2D eigenvalue weighted by Crippen LogP contribution is 2.05. The van der Waals surface area contributed by atoms with E-state index in [0.29, 0.717) is 11.6 Å². The summed E-state index contributed by atoms with van der Waals surface area (Å²) in [5.74, 6) is 6.40. The summed E-state index contributed by atoms with van der Waals surface area (Å²) in [7, 11) is 0. The number of hydrazine groups is 1. The van der Waals surface area contributed by atoms with Crippen LogP contribution >= 0.6 is 0 Å². The van der Waals surface area contributed by atoms with Gasteiger partial charge in [0.05, 0.1) is 18.5 Å². The molecule has 0 aliphatic rings. The van der Waals surface area contributed by atoms with Crippen molar-refractivity contribution in [1.29, 1.82) is 0 Å². The first-order chi connectivity index (χ1) is 7.22. The summed E-state index contributed by atoms with van der Waals surface area (Å²) in [6.07, 6.45) is 4.58. The quantitative estimate of drug-likeness (QED) is 0.308. The smallest absolute Gasteiger partial charge is 0.160 e. The molecular formula is C9H17N5O. The van der Waals surface area contributed by atoms with E-state index in [0.717, 1.165) is 19.4 Å². The van der Waals surface area contributed by atoms with Crippen molar-refractivity contribution < 1.29 is 5.11 Å². The van der Waals surface area contributed by atoms with Crippen LogP contribution in [0, 0.1) is 0 Å². The standard InChI is InChI=1S/C9H17N5O/c1-7(15)3-2-4-12-8-5-11-6-9(13-8)14-10/h5-7,15H,2-4,10H2,1H3,(H2,12,13,14). The number of rotatable bonds is 6. The molecule has 6 heteroatoms. The van der Waals surface area contributed by atoms with Crippen molar-refractivity contribution in [3.05, 3.63) is 12.4 Å². The molecule has 6 nitrogen and oxygen atoms in total. The zero-order chi connectivity index (χ0) is 11.1. The third-order valence-corrected chi connectivity index (χ3v) is 1.89. The largest absolute Gasteiger partial charge is 0.393 e. The lowest BCUT2D eigenvalue weighted by Gasteiger charge is -2.07. The minimum absolute atomic E-state index is 0.255. The van der Waals surface area contributed by atoms with Crippen molar-refractivity contribution in [2.45, 2.75) is 25.9 Å². The van der Waals surface area contributed by atoms with Crippen molar-refractivity contribution >= 4 is 11.6 Å². The van der Waals surface area contributed by atoms with Crippen LogP contribution in [0.1, 0.15) is 19.8 Å². The number of aromatic nitrogens is 2. The SMILES string of the molecule is CC(O)CCCNc1cncc(NN)n1. The molecule has 5 N–H and O–H groups in total. The van der Waals surface area contributed by atoms with Crippen LogP contribution in [0.5, 0.6) is 0 Å². The topological polar surface area (TPSA) is 96.1 Å². The van der Waals surface area contributed by atoms with Crippen molar-refractivity contribution in [1.82, 2.24) is 9.97 Å². The van der Waals surface area contributed by atoms with Crippen LogP contribution in [0.15, 0.2) is 12.4 Å². The highest BCUT2D eigenvalue weighted by Gasteiger charge is 1.98. The van der Waals surface area contributed by atoms with Crippen LogP contribution in [0.4, 0.5) is 11.6 Å². The molecule has 1 rings (SSSR count). The van der Waals surface area contributed by atoms with Gasteiger partial charge in [0.15, 0.2) is 5.82 Å². The van der Waals surface area contributed by atoms with Gasteiger partial charge in [-0.25, -0.2) is 10.8 Å². The van der Waals surface area contributed by atoms with Crippen LogP contribution in [0.3, 0.4) is 0 Å². The van der Waals surface area contributed by atoms with Crippen molar-refractivity contribution in [3.8, 4) is 0 Å². The molecule has 1 unspecified atom stereocenters. The molecule has 0 bridgehead atoms. The number of nitrogen functional groups attached to an aromatic ring is 1. The van der Waals surface area contributed by atoms with E-state index in [9.17, 15) is 0 Å². The van der Waals surface area contributed by atoms with E-state index in [-0.39, 0.29) is 6.10 Å². The lowest BCUT2D eigenvalue weighted by Crippen LogP contribution is -2.11. The predicted octanol–water partition coefficient (Wildman–Crippen LogP) is 0.335. The van der Waals surface area contributed by atoms with Gasteiger partial charge in [-0.15, -0.1) is 0 Å². The first-order valence-corrected chi connectivity index (χ1v) is 4.93. The van der Waals surface area contributed by atoms with E-state index < -0.39 is 0 Å². The minimum Gasteiger partial charge on any atom is -0.393 e. The first kappa shape index (κ1) is 11.7. The number of aliphatic hydroxyl groups is 1.